The fraction of sp³-hybridized carbons (Fsp3) is 0.688. The van der Waals surface area contributed by atoms with Crippen LogP contribution in [0.15, 0.2) is 12.1 Å². The Hall–Kier alpha value is -1.65. The predicted molar refractivity (Wildman–Crippen MR) is 84.3 cm³/mol. The average molecular weight is 290 g/mol. The van der Waals surface area contributed by atoms with Gasteiger partial charge in [-0.15, -0.1) is 10.2 Å². The molecule has 1 amide bonds. The SMILES string of the molecule is CCCNc1ccc(C(=O)NC2CCCC(CC)C2)nn1. The molecule has 116 valence electrons. The van der Waals surface area contributed by atoms with Crippen LogP contribution in [0.5, 0.6) is 0 Å². The van der Waals surface area contributed by atoms with Crippen LogP contribution in [-0.4, -0.2) is 28.7 Å². The summed E-state index contributed by atoms with van der Waals surface area (Å²) in [5, 5.41) is 14.3. The summed E-state index contributed by atoms with van der Waals surface area (Å²) in [5.41, 5.74) is 0.399. The highest BCUT2D eigenvalue weighted by Crippen LogP contribution is 2.26. The molecule has 0 aromatic carbocycles. The van der Waals surface area contributed by atoms with Gasteiger partial charge in [-0.25, -0.2) is 0 Å². The van der Waals surface area contributed by atoms with Crippen LogP contribution < -0.4 is 10.6 Å². The number of anilines is 1. The minimum atomic E-state index is -0.105. The van der Waals surface area contributed by atoms with Crippen LogP contribution in [0, 0.1) is 5.92 Å². The van der Waals surface area contributed by atoms with Crippen LogP contribution in [0.4, 0.5) is 5.82 Å². The van der Waals surface area contributed by atoms with E-state index < -0.39 is 0 Å². The predicted octanol–water partition coefficient (Wildman–Crippen LogP) is 3.00. The Balaban J connectivity index is 1.87. The maximum absolute atomic E-state index is 12.2. The zero-order valence-corrected chi connectivity index (χ0v) is 13.1. The van der Waals surface area contributed by atoms with Crippen LogP contribution >= 0.6 is 0 Å². The second-order valence-corrected chi connectivity index (χ2v) is 5.84. The molecule has 1 heterocycles. The molecule has 1 aromatic heterocycles. The van der Waals surface area contributed by atoms with Crippen LogP contribution in [-0.2, 0) is 0 Å². The van der Waals surface area contributed by atoms with E-state index in [0.29, 0.717) is 5.69 Å². The van der Waals surface area contributed by atoms with Gasteiger partial charge in [0.25, 0.3) is 5.91 Å². The molecule has 5 nitrogen and oxygen atoms in total. The van der Waals surface area contributed by atoms with E-state index in [0.717, 1.165) is 37.5 Å². The van der Waals surface area contributed by atoms with Crippen molar-refractivity contribution < 1.29 is 4.79 Å². The number of carbonyl (C=O) groups excluding carboxylic acids is 1. The van der Waals surface area contributed by atoms with Crippen molar-refractivity contribution in [3.8, 4) is 0 Å². The summed E-state index contributed by atoms with van der Waals surface area (Å²) in [5.74, 6) is 1.36. The van der Waals surface area contributed by atoms with Gasteiger partial charge in [-0.2, -0.15) is 0 Å². The highest BCUT2D eigenvalue weighted by Gasteiger charge is 2.22. The van der Waals surface area contributed by atoms with Gasteiger partial charge >= 0.3 is 0 Å². The lowest BCUT2D eigenvalue weighted by molar-refractivity contribution is 0.0913. The van der Waals surface area contributed by atoms with Gasteiger partial charge in [0, 0.05) is 12.6 Å². The van der Waals surface area contributed by atoms with Crippen molar-refractivity contribution in [2.24, 2.45) is 5.92 Å². The summed E-state index contributed by atoms with van der Waals surface area (Å²) >= 11 is 0. The van der Waals surface area contributed by atoms with E-state index in [1.807, 2.05) is 6.07 Å². The van der Waals surface area contributed by atoms with Crippen LogP contribution in [0.3, 0.4) is 0 Å². The van der Waals surface area contributed by atoms with Gasteiger partial charge < -0.3 is 10.6 Å². The summed E-state index contributed by atoms with van der Waals surface area (Å²) in [4.78, 5) is 12.2. The number of hydrogen-bond acceptors (Lipinski definition) is 4. The highest BCUT2D eigenvalue weighted by molar-refractivity contribution is 5.92. The zero-order valence-electron chi connectivity index (χ0n) is 13.1. The quantitative estimate of drug-likeness (QED) is 0.845. The number of aromatic nitrogens is 2. The molecule has 2 unspecified atom stereocenters. The van der Waals surface area contributed by atoms with Crippen molar-refractivity contribution in [1.82, 2.24) is 15.5 Å². The number of amides is 1. The molecule has 1 fully saturated rings. The standard InChI is InChI=1S/C16H26N4O/c1-3-10-17-15-9-8-14(19-20-15)16(21)18-13-7-5-6-12(4-2)11-13/h8-9,12-13H,3-7,10-11H2,1-2H3,(H,17,20)(H,18,21). The van der Waals surface area contributed by atoms with Gasteiger partial charge in [0.05, 0.1) is 0 Å². The normalized spacial score (nSPS) is 21.8. The van der Waals surface area contributed by atoms with E-state index in [9.17, 15) is 4.79 Å². The summed E-state index contributed by atoms with van der Waals surface area (Å²) in [7, 11) is 0. The topological polar surface area (TPSA) is 66.9 Å². The second-order valence-electron chi connectivity index (χ2n) is 5.84. The van der Waals surface area contributed by atoms with Crippen molar-refractivity contribution in [2.75, 3.05) is 11.9 Å². The van der Waals surface area contributed by atoms with Crippen LogP contribution in [0.1, 0.15) is 62.9 Å². The van der Waals surface area contributed by atoms with Crippen molar-refractivity contribution >= 4 is 11.7 Å². The molecule has 0 bridgehead atoms. The first kappa shape index (κ1) is 15.7. The maximum atomic E-state index is 12.2. The van der Waals surface area contributed by atoms with Gasteiger partial charge in [-0.3, -0.25) is 4.79 Å². The molecule has 2 rings (SSSR count). The van der Waals surface area contributed by atoms with E-state index >= 15 is 0 Å². The van der Waals surface area contributed by atoms with Crippen molar-refractivity contribution in [3.63, 3.8) is 0 Å². The number of carbonyl (C=O) groups is 1. The third-order valence-corrected chi connectivity index (χ3v) is 4.15. The second kappa shape index (κ2) is 7.96. The average Bonchev–Trinajstić information content (AvgIpc) is 2.53. The third-order valence-electron chi connectivity index (χ3n) is 4.15. The van der Waals surface area contributed by atoms with E-state index in [4.69, 9.17) is 0 Å². The summed E-state index contributed by atoms with van der Waals surface area (Å²) in [6.07, 6.45) is 6.89. The Labute approximate surface area is 126 Å². The van der Waals surface area contributed by atoms with E-state index in [2.05, 4.69) is 34.7 Å². The molecule has 2 atom stereocenters. The Bertz CT molecular complexity index is 446. The minimum Gasteiger partial charge on any atom is -0.369 e. The van der Waals surface area contributed by atoms with E-state index in [-0.39, 0.29) is 11.9 Å². The number of nitrogens with one attached hydrogen (secondary N) is 2. The molecule has 0 aliphatic heterocycles. The lowest BCUT2D eigenvalue weighted by atomic mass is 9.84. The van der Waals surface area contributed by atoms with Crippen molar-refractivity contribution in [3.05, 3.63) is 17.8 Å². The Kier molecular flexibility index (Phi) is 5.96. The molecule has 1 aromatic rings. The zero-order chi connectivity index (χ0) is 15.1. The van der Waals surface area contributed by atoms with Crippen LogP contribution in [0.2, 0.25) is 0 Å². The molecule has 21 heavy (non-hydrogen) atoms. The fourth-order valence-corrected chi connectivity index (χ4v) is 2.85. The minimum absolute atomic E-state index is 0.105. The first-order valence-electron chi connectivity index (χ1n) is 8.11. The van der Waals surface area contributed by atoms with Gasteiger partial charge in [0.15, 0.2) is 5.69 Å². The van der Waals surface area contributed by atoms with Gasteiger partial charge in [-0.05, 0) is 37.3 Å². The molecule has 1 aliphatic carbocycles. The molecule has 1 saturated carbocycles. The first-order chi connectivity index (χ1) is 10.2. The highest BCUT2D eigenvalue weighted by atomic mass is 16.2. The monoisotopic (exact) mass is 290 g/mol. The Morgan fingerprint density at radius 3 is 2.81 bits per heavy atom. The molecular weight excluding hydrogens is 264 g/mol. The third kappa shape index (κ3) is 4.69. The van der Waals surface area contributed by atoms with Crippen LogP contribution in [0.25, 0.3) is 0 Å². The Morgan fingerprint density at radius 2 is 2.14 bits per heavy atom. The lowest BCUT2D eigenvalue weighted by Gasteiger charge is -2.28. The van der Waals surface area contributed by atoms with Crippen molar-refractivity contribution in [2.45, 2.75) is 58.4 Å². The van der Waals surface area contributed by atoms with Gasteiger partial charge in [-0.1, -0.05) is 33.1 Å². The first-order valence-corrected chi connectivity index (χ1v) is 8.11. The molecule has 5 heteroatoms. The molecule has 2 N–H and O–H groups in total. The van der Waals surface area contributed by atoms with E-state index in [1.165, 1.54) is 19.3 Å². The van der Waals surface area contributed by atoms with E-state index in [1.54, 1.807) is 6.07 Å². The van der Waals surface area contributed by atoms with Gasteiger partial charge in [0.1, 0.15) is 5.82 Å². The number of hydrogen-bond donors (Lipinski definition) is 2. The summed E-state index contributed by atoms with van der Waals surface area (Å²) in [6, 6.07) is 3.84. The largest absolute Gasteiger partial charge is 0.369 e. The summed E-state index contributed by atoms with van der Waals surface area (Å²) in [6.45, 7) is 5.18. The summed E-state index contributed by atoms with van der Waals surface area (Å²) < 4.78 is 0. The molecular formula is C16H26N4O. The van der Waals surface area contributed by atoms with Crippen molar-refractivity contribution in [1.29, 1.82) is 0 Å². The number of nitrogens with zero attached hydrogens (tertiary/aromatic N) is 2. The smallest absolute Gasteiger partial charge is 0.272 e. The Morgan fingerprint density at radius 1 is 1.29 bits per heavy atom. The maximum Gasteiger partial charge on any atom is 0.272 e. The molecule has 0 radical (unpaired) electrons. The lowest BCUT2D eigenvalue weighted by Crippen LogP contribution is -2.38. The molecule has 0 saturated heterocycles. The van der Waals surface area contributed by atoms with Gasteiger partial charge in [0.2, 0.25) is 0 Å². The molecule has 0 spiro atoms. The molecule has 1 aliphatic rings. The number of rotatable bonds is 6. The fourth-order valence-electron chi connectivity index (χ4n) is 2.85.